The second kappa shape index (κ2) is 9.66. The highest BCUT2D eigenvalue weighted by Gasteiger charge is 2.31. The number of hydrogen-bond acceptors (Lipinski definition) is 6. The number of rotatable bonds is 9. The van der Waals surface area contributed by atoms with Crippen LogP contribution in [0.1, 0.15) is 12.5 Å². The Labute approximate surface area is 175 Å². The third kappa shape index (κ3) is 4.93. The molecule has 0 aromatic heterocycles. The Kier molecular flexibility index (Phi) is 7.49. The van der Waals surface area contributed by atoms with Gasteiger partial charge in [-0.2, -0.15) is 0 Å². The van der Waals surface area contributed by atoms with Gasteiger partial charge in [0.2, 0.25) is 21.7 Å². The zero-order chi connectivity index (χ0) is 22.5. The summed E-state index contributed by atoms with van der Waals surface area (Å²) in [6.07, 6.45) is 0.917. The fourth-order valence-electron chi connectivity index (χ4n) is 3.04. The Bertz CT molecular complexity index is 1010. The van der Waals surface area contributed by atoms with Crippen molar-refractivity contribution in [2.75, 3.05) is 31.9 Å². The van der Waals surface area contributed by atoms with Gasteiger partial charge in [0, 0.05) is 12.1 Å². The number of carbonyl (C=O) groups is 1. The molecule has 0 radical (unpaired) electrons. The van der Waals surface area contributed by atoms with Crippen LogP contribution in [0.3, 0.4) is 0 Å². The first-order valence-corrected chi connectivity index (χ1v) is 10.8. The normalized spacial score (nSPS) is 12.1. The van der Waals surface area contributed by atoms with Gasteiger partial charge in [-0.1, -0.05) is 12.1 Å². The number of sulfonamides is 1. The molecule has 30 heavy (non-hydrogen) atoms. The molecule has 164 valence electrons. The molecule has 0 bridgehead atoms. The fourth-order valence-corrected chi connectivity index (χ4v) is 4.22. The van der Waals surface area contributed by atoms with E-state index in [1.807, 2.05) is 0 Å². The van der Waals surface area contributed by atoms with E-state index in [0.29, 0.717) is 22.8 Å². The second-order valence-electron chi connectivity index (χ2n) is 6.40. The lowest BCUT2D eigenvalue weighted by Gasteiger charge is -2.28. The molecule has 0 saturated carbocycles. The first-order chi connectivity index (χ1) is 14.1. The van der Waals surface area contributed by atoms with Gasteiger partial charge in [0.05, 0.1) is 33.3 Å². The Morgan fingerprint density at radius 3 is 2.23 bits per heavy atom. The molecule has 1 atom stereocenters. The highest BCUT2D eigenvalue weighted by atomic mass is 32.2. The van der Waals surface area contributed by atoms with E-state index >= 15 is 0 Å². The number of nitrogens with zero attached hydrogens (tertiary/aromatic N) is 1. The van der Waals surface area contributed by atoms with E-state index in [0.717, 1.165) is 16.6 Å². The number of methoxy groups -OCH3 is 3. The predicted octanol–water partition coefficient (Wildman–Crippen LogP) is 2.32. The van der Waals surface area contributed by atoms with Crippen LogP contribution in [0, 0.1) is 5.82 Å². The monoisotopic (exact) mass is 440 g/mol. The lowest BCUT2D eigenvalue weighted by atomic mass is 10.1. The van der Waals surface area contributed by atoms with Crippen LogP contribution in [-0.2, 0) is 21.4 Å². The highest BCUT2D eigenvalue weighted by Crippen LogP contribution is 2.39. The number of para-hydroxylation sites is 1. The summed E-state index contributed by atoms with van der Waals surface area (Å²) in [5.74, 6) is -0.159. The van der Waals surface area contributed by atoms with Crippen LogP contribution in [0.4, 0.5) is 10.1 Å². The number of amides is 1. The molecule has 0 aliphatic rings. The van der Waals surface area contributed by atoms with Gasteiger partial charge in [0.15, 0.2) is 11.5 Å². The van der Waals surface area contributed by atoms with Gasteiger partial charge >= 0.3 is 0 Å². The largest absolute Gasteiger partial charge is 0.493 e. The summed E-state index contributed by atoms with van der Waals surface area (Å²) < 4.78 is 55.5. The molecule has 0 saturated heterocycles. The smallest absolute Gasteiger partial charge is 0.243 e. The topological polar surface area (TPSA) is 94.2 Å². The third-order valence-corrected chi connectivity index (χ3v) is 5.64. The van der Waals surface area contributed by atoms with Crippen molar-refractivity contribution in [3.63, 3.8) is 0 Å². The van der Waals surface area contributed by atoms with Crippen molar-refractivity contribution in [3.05, 3.63) is 47.8 Å². The summed E-state index contributed by atoms with van der Waals surface area (Å²) in [5, 5.41) is 2.66. The van der Waals surface area contributed by atoms with Crippen LogP contribution >= 0.6 is 0 Å². The van der Waals surface area contributed by atoms with Crippen molar-refractivity contribution >= 4 is 21.6 Å². The Hall–Kier alpha value is -3.01. The average molecular weight is 440 g/mol. The molecule has 10 heteroatoms. The van der Waals surface area contributed by atoms with Crippen LogP contribution in [0.5, 0.6) is 17.2 Å². The molecule has 0 heterocycles. The number of anilines is 1. The summed E-state index contributed by atoms with van der Waals surface area (Å²) >= 11 is 0. The van der Waals surface area contributed by atoms with Crippen molar-refractivity contribution in [1.82, 2.24) is 5.32 Å². The van der Waals surface area contributed by atoms with Crippen LogP contribution in [0.15, 0.2) is 36.4 Å². The fraction of sp³-hybridized carbons (Fsp3) is 0.350. The minimum absolute atomic E-state index is 0.0293. The molecule has 2 aromatic carbocycles. The Balaban J connectivity index is 2.28. The van der Waals surface area contributed by atoms with Crippen molar-refractivity contribution in [1.29, 1.82) is 0 Å². The highest BCUT2D eigenvalue weighted by molar-refractivity contribution is 7.92. The number of carbonyl (C=O) groups excluding carboxylic acids is 1. The molecule has 1 N–H and O–H groups in total. The van der Waals surface area contributed by atoms with Gasteiger partial charge in [0.25, 0.3) is 0 Å². The maximum absolute atomic E-state index is 14.2. The lowest BCUT2D eigenvalue weighted by Crippen LogP contribution is -2.48. The maximum atomic E-state index is 14.2. The number of halogens is 1. The second-order valence-corrected chi connectivity index (χ2v) is 8.26. The molecule has 8 nitrogen and oxygen atoms in total. The zero-order valence-corrected chi connectivity index (χ0v) is 18.2. The Morgan fingerprint density at radius 1 is 1.07 bits per heavy atom. The molecular formula is C20H25FN2O6S. The van der Waals surface area contributed by atoms with Crippen molar-refractivity contribution in [3.8, 4) is 17.2 Å². The molecule has 2 rings (SSSR count). The Morgan fingerprint density at radius 2 is 1.70 bits per heavy atom. The van der Waals surface area contributed by atoms with Crippen LogP contribution in [0.2, 0.25) is 0 Å². The molecule has 0 aliphatic heterocycles. The van der Waals surface area contributed by atoms with Crippen molar-refractivity contribution < 1.29 is 31.8 Å². The van der Waals surface area contributed by atoms with E-state index < -0.39 is 27.8 Å². The van der Waals surface area contributed by atoms with Gasteiger partial charge in [-0.15, -0.1) is 0 Å². The quantitative estimate of drug-likeness (QED) is 0.643. The summed E-state index contributed by atoms with van der Waals surface area (Å²) in [5.41, 5.74) is 0.388. The first kappa shape index (κ1) is 23.3. The van der Waals surface area contributed by atoms with Gasteiger partial charge < -0.3 is 19.5 Å². The third-order valence-electron chi connectivity index (χ3n) is 4.42. The average Bonchev–Trinajstić information content (AvgIpc) is 2.71. The van der Waals surface area contributed by atoms with Crippen molar-refractivity contribution in [2.24, 2.45) is 0 Å². The van der Waals surface area contributed by atoms with Crippen LogP contribution in [0.25, 0.3) is 0 Å². The van der Waals surface area contributed by atoms with E-state index in [2.05, 4.69) is 5.32 Å². The molecule has 2 aromatic rings. The summed E-state index contributed by atoms with van der Waals surface area (Å²) in [6.45, 7) is 1.41. The van der Waals surface area contributed by atoms with Gasteiger partial charge in [-0.05, 0) is 31.2 Å². The van der Waals surface area contributed by atoms with Crippen LogP contribution in [-0.4, -0.2) is 48.0 Å². The molecule has 0 aliphatic carbocycles. The minimum Gasteiger partial charge on any atom is -0.493 e. The summed E-state index contributed by atoms with van der Waals surface area (Å²) in [7, 11) is 0.475. The zero-order valence-electron chi connectivity index (χ0n) is 17.4. The number of nitrogens with one attached hydrogen (secondary N) is 1. The predicted molar refractivity (Wildman–Crippen MR) is 111 cm³/mol. The first-order valence-electron chi connectivity index (χ1n) is 8.95. The molecule has 1 amide bonds. The van der Waals surface area contributed by atoms with Crippen molar-refractivity contribution in [2.45, 2.75) is 19.5 Å². The number of benzene rings is 2. The summed E-state index contributed by atoms with van der Waals surface area (Å²) in [4.78, 5) is 12.7. The lowest BCUT2D eigenvalue weighted by molar-refractivity contribution is -0.122. The van der Waals surface area contributed by atoms with E-state index in [1.54, 1.807) is 12.1 Å². The standard InChI is InChI=1S/C20H25FN2O6S/c1-13(23(30(5,25)26)16-9-7-6-8-15(16)21)20(24)22-12-14-10-11-17(27-2)19(29-4)18(14)28-3/h6-11,13H,12H2,1-5H3,(H,22,24)/t13-/m1/s1. The van der Waals surface area contributed by atoms with E-state index in [-0.39, 0.29) is 12.2 Å². The number of hydrogen-bond donors (Lipinski definition) is 1. The van der Waals surface area contributed by atoms with Gasteiger partial charge in [-0.3, -0.25) is 9.10 Å². The van der Waals surface area contributed by atoms with E-state index in [4.69, 9.17) is 14.2 Å². The van der Waals surface area contributed by atoms with Gasteiger partial charge in [0.1, 0.15) is 11.9 Å². The number of ether oxygens (including phenoxy) is 3. The molecule has 0 fully saturated rings. The van der Waals surface area contributed by atoms with E-state index in [9.17, 15) is 17.6 Å². The molecule has 0 unspecified atom stereocenters. The van der Waals surface area contributed by atoms with Gasteiger partial charge in [-0.25, -0.2) is 12.8 Å². The van der Waals surface area contributed by atoms with Crippen LogP contribution < -0.4 is 23.8 Å². The SMILES string of the molecule is COc1ccc(CNC(=O)[C@@H](C)N(c2ccccc2F)S(C)(=O)=O)c(OC)c1OC. The maximum Gasteiger partial charge on any atom is 0.243 e. The van der Waals surface area contributed by atoms with E-state index in [1.165, 1.54) is 46.5 Å². The molecular weight excluding hydrogens is 415 g/mol. The minimum atomic E-state index is -3.93. The molecule has 0 spiro atoms. The summed E-state index contributed by atoms with van der Waals surface area (Å²) in [6, 6.07) is 7.53.